The molecule has 6 nitrogen and oxygen atoms in total. The van der Waals surface area contributed by atoms with Crippen LogP contribution in [0.15, 0.2) is 0 Å². The first kappa shape index (κ1) is 15.3. The molecule has 0 aromatic rings. The number of carbonyl (C=O) groups is 2. The number of hydrogen-bond acceptors (Lipinski definition) is 4. The first-order valence-electron chi connectivity index (χ1n) is 5.22. The molecular formula is C11H17NO5. The average Bonchev–Trinajstić information content (AvgIpc) is 2.23. The summed E-state index contributed by atoms with van der Waals surface area (Å²) in [6, 6.07) is -0.138. The monoisotopic (exact) mass is 243 g/mol. The molecule has 0 radical (unpaired) electrons. The molecular weight excluding hydrogens is 226 g/mol. The molecule has 0 aliphatic heterocycles. The van der Waals surface area contributed by atoms with Gasteiger partial charge in [-0.1, -0.05) is 0 Å². The lowest BCUT2D eigenvalue weighted by atomic mass is 10.2. The second-order valence-corrected chi connectivity index (χ2v) is 3.35. The van der Waals surface area contributed by atoms with Gasteiger partial charge in [-0.05, 0) is 6.92 Å². The van der Waals surface area contributed by atoms with Gasteiger partial charge in [0.1, 0.15) is 6.61 Å². The fraction of sp³-hybridized carbons (Fsp3) is 0.636. The summed E-state index contributed by atoms with van der Waals surface area (Å²) in [4.78, 5) is 21.2. The lowest BCUT2D eigenvalue weighted by Gasteiger charge is -2.11. The van der Waals surface area contributed by atoms with Crippen LogP contribution >= 0.6 is 0 Å². The molecule has 2 N–H and O–H groups in total. The third-order valence-electron chi connectivity index (χ3n) is 1.71. The van der Waals surface area contributed by atoms with Crippen molar-refractivity contribution in [3.63, 3.8) is 0 Å². The van der Waals surface area contributed by atoms with Crippen molar-refractivity contribution in [2.24, 2.45) is 0 Å². The molecule has 1 amide bonds. The van der Waals surface area contributed by atoms with Gasteiger partial charge >= 0.3 is 12.1 Å². The van der Waals surface area contributed by atoms with Crippen LogP contribution in [0.25, 0.3) is 0 Å². The zero-order valence-electron chi connectivity index (χ0n) is 9.77. The highest BCUT2D eigenvalue weighted by molar-refractivity contribution is 5.67. The fourth-order valence-corrected chi connectivity index (χ4v) is 0.925. The molecule has 17 heavy (non-hydrogen) atoms. The summed E-state index contributed by atoms with van der Waals surface area (Å²) in [6.45, 7) is 2.12. The zero-order chi connectivity index (χ0) is 13.1. The van der Waals surface area contributed by atoms with Crippen LogP contribution in [0.1, 0.15) is 19.8 Å². The van der Waals surface area contributed by atoms with Crippen LogP contribution in [0.4, 0.5) is 4.79 Å². The van der Waals surface area contributed by atoms with E-state index < -0.39 is 12.1 Å². The van der Waals surface area contributed by atoms with E-state index in [0.717, 1.165) is 0 Å². The SMILES string of the molecule is C#CCC(C)NC(=O)OCCOCCC(=O)O. The number of terminal acetylenes is 1. The van der Waals surface area contributed by atoms with Crippen molar-refractivity contribution in [3.05, 3.63) is 0 Å². The van der Waals surface area contributed by atoms with E-state index in [9.17, 15) is 9.59 Å². The topological polar surface area (TPSA) is 84.9 Å². The molecule has 96 valence electrons. The molecule has 0 aromatic heterocycles. The normalized spacial score (nSPS) is 11.3. The van der Waals surface area contributed by atoms with Crippen molar-refractivity contribution in [1.29, 1.82) is 0 Å². The minimum Gasteiger partial charge on any atom is -0.481 e. The van der Waals surface area contributed by atoms with Crippen LogP contribution in [-0.2, 0) is 14.3 Å². The molecule has 0 rings (SSSR count). The van der Waals surface area contributed by atoms with Crippen LogP contribution in [0.5, 0.6) is 0 Å². The van der Waals surface area contributed by atoms with Crippen LogP contribution < -0.4 is 5.32 Å². The summed E-state index contributed by atoms with van der Waals surface area (Å²) in [7, 11) is 0. The van der Waals surface area contributed by atoms with Gasteiger partial charge in [-0.15, -0.1) is 12.3 Å². The number of ether oxygens (including phenoxy) is 2. The lowest BCUT2D eigenvalue weighted by molar-refractivity contribution is -0.138. The molecule has 0 aliphatic carbocycles. The summed E-state index contributed by atoms with van der Waals surface area (Å²) in [6.07, 6.45) is 4.88. The Kier molecular flexibility index (Phi) is 8.51. The molecule has 0 spiro atoms. The first-order valence-corrected chi connectivity index (χ1v) is 5.22. The number of carboxylic acid groups (broad SMARTS) is 1. The third-order valence-corrected chi connectivity index (χ3v) is 1.71. The smallest absolute Gasteiger partial charge is 0.407 e. The van der Waals surface area contributed by atoms with Crippen LogP contribution in [0.3, 0.4) is 0 Å². The van der Waals surface area contributed by atoms with Gasteiger partial charge in [0.15, 0.2) is 0 Å². The Labute approximate surface area is 100 Å². The van der Waals surface area contributed by atoms with Crippen molar-refractivity contribution in [2.45, 2.75) is 25.8 Å². The van der Waals surface area contributed by atoms with Crippen molar-refractivity contribution >= 4 is 12.1 Å². The van der Waals surface area contributed by atoms with E-state index in [-0.39, 0.29) is 32.3 Å². The Morgan fingerprint density at radius 1 is 1.41 bits per heavy atom. The van der Waals surface area contributed by atoms with E-state index >= 15 is 0 Å². The fourth-order valence-electron chi connectivity index (χ4n) is 0.925. The molecule has 0 bridgehead atoms. The molecule has 1 unspecified atom stereocenters. The number of alkyl carbamates (subject to hydrolysis) is 1. The summed E-state index contributed by atoms with van der Waals surface area (Å²) in [5.74, 6) is 1.49. The Balaban J connectivity index is 3.40. The molecule has 0 saturated carbocycles. The summed E-state index contributed by atoms with van der Waals surface area (Å²) >= 11 is 0. The Morgan fingerprint density at radius 3 is 2.71 bits per heavy atom. The van der Waals surface area contributed by atoms with E-state index in [1.807, 2.05) is 0 Å². The summed E-state index contributed by atoms with van der Waals surface area (Å²) < 4.78 is 9.70. The largest absolute Gasteiger partial charge is 0.481 e. The van der Waals surface area contributed by atoms with Gasteiger partial charge in [-0.2, -0.15) is 0 Å². The van der Waals surface area contributed by atoms with E-state index in [4.69, 9.17) is 21.0 Å². The molecule has 0 aromatic carbocycles. The average molecular weight is 243 g/mol. The van der Waals surface area contributed by atoms with Crippen molar-refractivity contribution in [1.82, 2.24) is 5.32 Å². The molecule has 6 heteroatoms. The van der Waals surface area contributed by atoms with E-state index in [0.29, 0.717) is 6.42 Å². The van der Waals surface area contributed by atoms with Gasteiger partial charge in [0.25, 0.3) is 0 Å². The molecule has 0 saturated heterocycles. The third kappa shape index (κ3) is 10.5. The second kappa shape index (κ2) is 9.48. The number of carbonyl (C=O) groups excluding carboxylic acids is 1. The van der Waals surface area contributed by atoms with Gasteiger partial charge in [0.05, 0.1) is 19.6 Å². The van der Waals surface area contributed by atoms with Crippen molar-refractivity contribution in [2.75, 3.05) is 19.8 Å². The van der Waals surface area contributed by atoms with Crippen molar-refractivity contribution < 1.29 is 24.2 Å². The van der Waals surface area contributed by atoms with Gasteiger partial charge in [0, 0.05) is 12.5 Å². The molecule has 0 aliphatic rings. The predicted molar refractivity (Wildman–Crippen MR) is 60.5 cm³/mol. The highest BCUT2D eigenvalue weighted by atomic mass is 16.6. The molecule has 0 fully saturated rings. The molecule has 0 heterocycles. The Morgan fingerprint density at radius 2 is 2.12 bits per heavy atom. The number of aliphatic carboxylic acids is 1. The Hall–Kier alpha value is -1.74. The van der Waals surface area contributed by atoms with Crippen LogP contribution in [0.2, 0.25) is 0 Å². The number of amides is 1. The Bertz CT molecular complexity index is 284. The van der Waals surface area contributed by atoms with Gasteiger partial charge in [-0.3, -0.25) is 4.79 Å². The lowest BCUT2D eigenvalue weighted by Crippen LogP contribution is -2.33. The maximum atomic E-state index is 11.1. The van der Waals surface area contributed by atoms with Crippen LogP contribution in [0, 0.1) is 12.3 Å². The highest BCUT2D eigenvalue weighted by Gasteiger charge is 2.06. The van der Waals surface area contributed by atoms with Gasteiger partial charge < -0.3 is 19.9 Å². The maximum Gasteiger partial charge on any atom is 0.407 e. The van der Waals surface area contributed by atoms with E-state index in [1.54, 1.807) is 6.92 Å². The zero-order valence-corrected chi connectivity index (χ0v) is 9.77. The van der Waals surface area contributed by atoms with Crippen LogP contribution in [-0.4, -0.2) is 43.0 Å². The van der Waals surface area contributed by atoms with E-state index in [1.165, 1.54) is 0 Å². The number of rotatable bonds is 8. The number of carboxylic acids is 1. The first-order chi connectivity index (χ1) is 8.06. The van der Waals surface area contributed by atoms with E-state index in [2.05, 4.69) is 11.2 Å². The van der Waals surface area contributed by atoms with Gasteiger partial charge in [-0.25, -0.2) is 4.79 Å². The van der Waals surface area contributed by atoms with Gasteiger partial charge in [0.2, 0.25) is 0 Å². The molecule has 1 atom stereocenters. The predicted octanol–water partition coefficient (Wildman–Crippen LogP) is 0.616. The second-order valence-electron chi connectivity index (χ2n) is 3.35. The number of hydrogen-bond donors (Lipinski definition) is 2. The quantitative estimate of drug-likeness (QED) is 0.482. The minimum absolute atomic E-state index is 0.0641. The van der Waals surface area contributed by atoms with Crippen molar-refractivity contribution in [3.8, 4) is 12.3 Å². The summed E-state index contributed by atoms with van der Waals surface area (Å²) in [5.41, 5.74) is 0. The maximum absolute atomic E-state index is 11.1. The minimum atomic E-state index is -0.924. The number of nitrogens with one attached hydrogen (secondary N) is 1. The standard InChI is InChI=1S/C11H17NO5/c1-3-4-9(2)12-11(15)17-8-7-16-6-5-10(13)14/h1,9H,4-8H2,2H3,(H,12,15)(H,13,14). The highest BCUT2D eigenvalue weighted by Crippen LogP contribution is 1.90. The summed E-state index contributed by atoms with van der Waals surface area (Å²) in [5, 5.41) is 10.9.